The van der Waals surface area contributed by atoms with Gasteiger partial charge in [0.05, 0.1) is 0 Å². The zero-order chi connectivity index (χ0) is 13.3. The van der Waals surface area contributed by atoms with Gasteiger partial charge in [0, 0.05) is 50.8 Å². The van der Waals surface area contributed by atoms with E-state index in [1.807, 2.05) is 0 Å². The molecule has 0 aromatic heterocycles. The molecular weight excluding hydrogens is 234 g/mol. The molecular formula is C16H25N3. The number of hydrogen-bond donors (Lipinski definition) is 1. The highest BCUT2D eigenvalue weighted by molar-refractivity contribution is 5.14. The Hall–Kier alpha value is -0.900. The van der Waals surface area contributed by atoms with E-state index >= 15 is 0 Å². The second-order valence-electron chi connectivity index (χ2n) is 6.51. The van der Waals surface area contributed by atoms with Crippen molar-refractivity contribution in [2.24, 2.45) is 0 Å². The van der Waals surface area contributed by atoms with Crippen molar-refractivity contribution in [1.82, 2.24) is 15.1 Å². The molecule has 0 spiro atoms. The van der Waals surface area contributed by atoms with Gasteiger partial charge in [0.2, 0.25) is 0 Å². The summed E-state index contributed by atoms with van der Waals surface area (Å²) >= 11 is 0. The molecule has 2 aliphatic heterocycles. The third-order valence-electron chi connectivity index (χ3n) is 4.53. The van der Waals surface area contributed by atoms with Crippen molar-refractivity contribution >= 4 is 0 Å². The van der Waals surface area contributed by atoms with Gasteiger partial charge < -0.3 is 5.32 Å². The third-order valence-corrected chi connectivity index (χ3v) is 4.53. The van der Waals surface area contributed by atoms with E-state index in [-0.39, 0.29) is 0 Å². The van der Waals surface area contributed by atoms with Crippen LogP contribution in [0.1, 0.15) is 19.4 Å². The maximum Gasteiger partial charge on any atom is 0.0354 e. The van der Waals surface area contributed by atoms with Crippen LogP contribution < -0.4 is 5.32 Å². The maximum absolute atomic E-state index is 3.59. The van der Waals surface area contributed by atoms with Gasteiger partial charge in [0.25, 0.3) is 0 Å². The topological polar surface area (TPSA) is 18.5 Å². The van der Waals surface area contributed by atoms with Crippen LogP contribution in [0.5, 0.6) is 0 Å². The highest BCUT2D eigenvalue weighted by Crippen LogP contribution is 2.24. The summed E-state index contributed by atoms with van der Waals surface area (Å²) in [4.78, 5) is 5.30. The number of nitrogens with zero attached hydrogens (tertiary/aromatic N) is 2. The summed E-state index contributed by atoms with van der Waals surface area (Å²) in [5.74, 6) is 0. The predicted octanol–water partition coefficient (Wildman–Crippen LogP) is 1.55. The van der Waals surface area contributed by atoms with Crippen molar-refractivity contribution in [1.29, 1.82) is 0 Å². The van der Waals surface area contributed by atoms with Gasteiger partial charge in [-0.2, -0.15) is 0 Å². The monoisotopic (exact) mass is 259 g/mol. The van der Waals surface area contributed by atoms with E-state index in [0.717, 1.165) is 19.6 Å². The summed E-state index contributed by atoms with van der Waals surface area (Å²) in [7, 11) is 0. The van der Waals surface area contributed by atoms with Gasteiger partial charge in [0.15, 0.2) is 0 Å². The van der Waals surface area contributed by atoms with Crippen molar-refractivity contribution in [2.45, 2.75) is 32.0 Å². The molecule has 0 bridgehead atoms. The van der Waals surface area contributed by atoms with E-state index in [2.05, 4.69) is 59.3 Å². The summed E-state index contributed by atoms with van der Waals surface area (Å²) < 4.78 is 0. The van der Waals surface area contributed by atoms with Crippen molar-refractivity contribution in [3.63, 3.8) is 0 Å². The summed E-state index contributed by atoms with van der Waals surface area (Å²) in [5.41, 5.74) is 1.74. The first-order chi connectivity index (χ1) is 9.15. The molecule has 0 amide bonds. The molecule has 2 aliphatic rings. The molecule has 1 aromatic carbocycles. The normalized spacial score (nSPS) is 28.0. The fourth-order valence-electron chi connectivity index (χ4n) is 3.52. The lowest BCUT2D eigenvalue weighted by Gasteiger charge is -2.52. The van der Waals surface area contributed by atoms with E-state index in [0.29, 0.717) is 11.6 Å². The molecule has 1 aromatic rings. The molecule has 3 nitrogen and oxygen atoms in total. The Labute approximate surface area is 116 Å². The smallest absolute Gasteiger partial charge is 0.0354 e. The van der Waals surface area contributed by atoms with Crippen LogP contribution in [0.25, 0.3) is 0 Å². The Bertz CT molecular complexity index is 415. The summed E-state index contributed by atoms with van der Waals surface area (Å²) in [6, 6.07) is 11.5. The van der Waals surface area contributed by atoms with E-state index < -0.39 is 0 Å². The quantitative estimate of drug-likeness (QED) is 0.869. The largest absolute Gasteiger partial charge is 0.313 e. The zero-order valence-electron chi connectivity index (χ0n) is 12.1. The Morgan fingerprint density at radius 2 is 2.00 bits per heavy atom. The molecule has 104 valence electrons. The molecule has 3 heteroatoms. The van der Waals surface area contributed by atoms with Crippen LogP contribution >= 0.6 is 0 Å². The maximum atomic E-state index is 3.59. The molecule has 2 heterocycles. The molecule has 0 aliphatic carbocycles. The molecule has 1 N–H and O–H groups in total. The van der Waals surface area contributed by atoms with E-state index in [9.17, 15) is 0 Å². The Kier molecular flexibility index (Phi) is 3.61. The second-order valence-corrected chi connectivity index (χ2v) is 6.51. The number of piperazine rings is 2. The lowest BCUT2D eigenvalue weighted by Crippen LogP contribution is -2.68. The van der Waals surface area contributed by atoms with Gasteiger partial charge in [-0.3, -0.25) is 9.80 Å². The Balaban J connectivity index is 1.63. The van der Waals surface area contributed by atoms with Crippen LogP contribution in [0, 0.1) is 0 Å². The number of hydrogen-bond acceptors (Lipinski definition) is 3. The van der Waals surface area contributed by atoms with Crippen LogP contribution in [-0.2, 0) is 6.54 Å². The summed E-state index contributed by atoms with van der Waals surface area (Å²) in [6.45, 7) is 11.6. The Morgan fingerprint density at radius 1 is 1.21 bits per heavy atom. The number of fused-ring (bicyclic) bond motifs is 1. The third kappa shape index (κ3) is 2.83. The van der Waals surface area contributed by atoms with Gasteiger partial charge in [-0.1, -0.05) is 30.3 Å². The molecule has 0 radical (unpaired) electrons. The van der Waals surface area contributed by atoms with E-state index in [1.165, 1.54) is 25.2 Å². The highest BCUT2D eigenvalue weighted by atomic mass is 15.3. The first-order valence-electron chi connectivity index (χ1n) is 7.39. The van der Waals surface area contributed by atoms with Crippen LogP contribution in [0.4, 0.5) is 0 Å². The first-order valence-corrected chi connectivity index (χ1v) is 7.39. The molecule has 2 fully saturated rings. The average molecular weight is 259 g/mol. The number of benzene rings is 1. The van der Waals surface area contributed by atoms with Gasteiger partial charge in [0.1, 0.15) is 0 Å². The average Bonchev–Trinajstić information content (AvgIpc) is 2.39. The number of nitrogens with one attached hydrogen (secondary N) is 1. The molecule has 1 atom stereocenters. The van der Waals surface area contributed by atoms with E-state index in [1.54, 1.807) is 0 Å². The van der Waals surface area contributed by atoms with Crippen LogP contribution in [0.2, 0.25) is 0 Å². The second kappa shape index (κ2) is 5.23. The fourth-order valence-corrected chi connectivity index (χ4v) is 3.52. The van der Waals surface area contributed by atoms with Gasteiger partial charge >= 0.3 is 0 Å². The minimum absolute atomic E-state index is 0.307. The molecule has 3 rings (SSSR count). The zero-order valence-corrected chi connectivity index (χ0v) is 12.1. The summed E-state index contributed by atoms with van der Waals surface area (Å²) in [6.07, 6.45) is 0. The van der Waals surface area contributed by atoms with Crippen LogP contribution in [-0.4, -0.2) is 54.1 Å². The van der Waals surface area contributed by atoms with Gasteiger partial charge in [-0.25, -0.2) is 0 Å². The lowest BCUT2D eigenvalue weighted by atomic mass is 9.94. The number of rotatable bonds is 2. The minimum atomic E-state index is 0.307. The highest BCUT2D eigenvalue weighted by Gasteiger charge is 2.39. The molecule has 2 saturated heterocycles. The van der Waals surface area contributed by atoms with Gasteiger partial charge in [-0.15, -0.1) is 0 Å². The van der Waals surface area contributed by atoms with Gasteiger partial charge in [-0.05, 0) is 19.4 Å². The lowest BCUT2D eigenvalue weighted by molar-refractivity contribution is -0.0218. The molecule has 19 heavy (non-hydrogen) atoms. The van der Waals surface area contributed by atoms with Crippen molar-refractivity contribution in [3.8, 4) is 0 Å². The van der Waals surface area contributed by atoms with Crippen molar-refractivity contribution < 1.29 is 0 Å². The minimum Gasteiger partial charge on any atom is -0.313 e. The standard InChI is InChI=1S/C16H25N3/c1-16(2)13-17-10-15-12-18(8-9-19(15)16)11-14-6-4-3-5-7-14/h3-7,15,17H,8-13H2,1-2H3. The van der Waals surface area contributed by atoms with Crippen molar-refractivity contribution in [2.75, 3.05) is 32.7 Å². The van der Waals surface area contributed by atoms with Crippen LogP contribution in [0.15, 0.2) is 30.3 Å². The summed E-state index contributed by atoms with van der Waals surface area (Å²) in [5, 5.41) is 3.59. The molecule has 1 unspecified atom stereocenters. The fraction of sp³-hybridized carbons (Fsp3) is 0.625. The SMILES string of the molecule is CC1(C)CNCC2CN(Cc3ccccc3)CCN21. The van der Waals surface area contributed by atoms with Crippen LogP contribution in [0.3, 0.4) is 0 Å². The molecule has 0 saturated carbocycles. The predicted molar refractivity (Wildman–Crippen MR) is 79.2 cm³/mol. The first kappa shape index (κ1) is 13.1. The Morgan fingerprint density at radius 3 is 2.79 bits per heavy atom. The van der Waals surface area contributed by atoms with Crippen molar-refractivity contribution in [3.05, 3.63) is 35.9 Å². The van der Waals surface area contributed by atoms with E-state index in [4.69, 9.17) is 0 Å².